The van der Waals surface area contributed by atoms with Crippen molar-refractivity contribution in [3.63, 3.8) is 0 Å². The molecule has 0 radical (unpaired) electrons. The van der Waals surface area contributed by atoms with Crippen molar-refractivity contribution in [3.05, 3.63) is 65.7 Å². The highest BCUT2D eigenvalue weighted by atomic mass is 16.4. The van der Waals surface area contributed by atoms with Crippen LogP contribution in [0.1, 0.15) is 28.8 Å². The molecule has 27 heavy (non-hydrogen) atoms. The second kappa shape index (κ2) is 8.60. The predicted molar refractivity (Wildman–Crippen MR) is 102 cm³/mol. The zero-order valence-corrected chi connectivity index (χ0v) is 14.9. The molecule has 2 N–H and O–H groups in total. The van der Waals surface area contributed by atoms with Crippen molar-refractivity contribution >= 4 is 23.3 Å². The Hall–Kier alpha value is -2.99. The molecule has 1 aliphatic rings. The number of anilines is 1. The lowest BCUT2D eigenvalue weighted by Gasteiger charge is -2.30. The van der Waals surface area contributed by atoms with Gasteiger partial charge in [0.1, 0.15) is 0 Å². The largest absolute Gasteiger partial charge is 0.481 e. The average molecular weight is 366 g/mol. The molecule has 6 heteroatoms. The first-order valence-electron chi connectivity index (χ1n) is 8.98. The fourth-order valence-electron chi connectivity index (χ4n) is 3.33. The van der Waals surface area contributed by atoms with E-state index in [-0.39, 0.29) is 18.2 Å². The molecule has 2 aromatic rings. The summed E-state index contributed by atoms with van der Waals surface area (Å²) >= 11 is 0. The molecule has 1 fully saturated rings. The Balaban J connectivity index is 1.68. The number of rotatable bonds is 6. The molecule has 6 nitrogen and oxygen atoms in total. The van der Waals surface area contributed by atoms with Crippen molar-refractivity contribution < 1.29 is 19.5 Å². The molecule has 0 saturated carbocycles. The lowest BCUT2D eigenvalue weighted by atomic mass is 9.98. The van der Waals surface area contributed by atoms with Crippen LogP contribution in [0.5, 0.6) is 0 Å². The Labute approximate surface area is 157 Å². The van der Waals surface area contributed by atoms with Crippen LogP contribution in [-0.2, 0) is 9.59 Å². The molecule has 0 bridgehead atoms. The minimum absolute atomic E-state index is 0.109. The van der Waals surface area contributed by atoms with E-state index in [0.717, 1.165) is 6.42 Å². The van der Waals surface area contributed by atoms with Crippen LogP contribution in [0.15, 0.2) is 54.6 Å². The zero-order chi connectivity index (χ0) is 19.2. The van der Waals surface area contributed by atoms with Crippen molar-refractivity contribution in [2.75, 3.05) is 25.0 Å². The molecule has 140 valence electrons. The summed E-state index contributed by atoms with van der Waals surface area (Å²) in [5.74, 6) is -1.66. The number of carbonyl (C=O) groups is 3. The number of ketones is 1. The highest BCUT2D eigenvalue weighted by Crippen LogP contribution is 2.20. The number of hydrogen-bond donors (Lipinski definition) is 2. The second-order valence-electron chi connectivity index (χ2n) is 6.70. The standard InChI is InChI=1S/C21H22N2O4/c24-19(14-23-12-6-9-16(13-23)21(26)27)22-18-11-5-4-10-17(18)20(25)15-7-2-1-3-8-15/h1-5,7-8,10-11,16H,6,9,12-14H2,(H,22,24)(H,26,27). The van der Waals surface area contributed by atoms with Crippen LogP contribution in [0.2, 0.25) is 0 Å². The van der Waals surface area contributed by atoms with E-state index in [0.29, 0.717) is 36.3 Å². The molecule has 1 saturated heterocycles. The van der Waals surface area contributed by atoms with Gasteiger partial charge in [-0.1, -0.05) is 42.5 Å². The minimum atomic E-state index is -0.820. The maximum absolute atomic E-state index is 12.7. The van der Waals surface area contributed by atoms with Gasteiger partial charge in [0.25, 0.3) is 0 Å². The number of hydrogen-bond acceptors (Lipinski definition) is 4. The summed E-state index contributed by atoms with van der Waals surface area (Å²) in [6.07, 6.45) is 1.40. The summed E-state index contributed by atoms with van der Waals surface area (Å²) in [5, 5.41) is 12.0. The monoisotopic (exact) mass is 366 g/mol. The number of carboxylic acid groups (broad SMARTS) is 1. The fourth-order valence-corrected chi connectivity index (χ4v) is 3.33. The molecule has 1 aliphatic heterocycles. The normalized spacial score (nSPS) is 17.3. The number of carbonyl (C=O) groups excluding carboxylic acids is 2. The third-order valence-electron chi connectivity index (χ3n) is 4.70. The van der Waals surface area contributed by atoms with Crippen molar-refractivity contribution in [3.8, 4) is 0 Å². The van der Waals surface area contributed by atoms with Gasteiger partial charge in [0.05, 0.1) is 18.2 Å². The molecule has 3 rings (SSSR count). The van der Waals surface area contributed by atoms with Gasteiger partial charge in [-0.25, -0.2) is 0 Å². The molecule has 2 aromatic carbocycles. The van der Waals surface area contributed by atoms with E-state index in [1.165, 1.54) is 0 Å². The Morgan fingerprint density at radius 3 is 2.48 bits per heavy atom. The molecule has 0 aromatic heterocycles. The number of likely N-dealkylation sites (tertiary alicyclic amines) is 1. The van der Waals surface area contributed by atoms with Crippen LogP contribution in [0, 0.1) is 5.92 Å². The Bertz CT molecular complexity index is 835. The lowest BCUT2D eigenvalue weighted by Crippen LogP contribution is -2.42. The van der Waals surface area contributed by atoms with E-state index in [1.54, 1.807) is 48.5 Å². The van der Waals surface area contributed by atoms with Crippen LogP contribution in [0.3, 0.4) is 0 Å². The van der Waals surface area contributed by atoms with Crippen molar-refractivity contribution in [2.45, 2.75) is 12.8 Å². The molecule has 0 spiro atoms. The van der Waals surface area contributed by atoms with Gasteiger partial charge in [-0.15, -0.1) is 0 Å². The Morgan fingerprint density at radius 1 is 1.04 bits per heavy atom. The molecule has 0 aliphatic carbocycles. The number of benzene rings is 2. The van der Waals surface area contributed by atoms with Crippen LogP contribution in [0.4, 0.5) is 5.69 Å². The van der Waals surface area contributed by atoms with Crippen LogP contribution in [0.25, 0.3) is 0 Å². The summed E-state index contributed by atoms with van der Waals surface area (Å²) in [6, 6.07) is 15.8. The van der Waals surface area contributed by atoms with E-state index in [2.05, 4.69) is 5.32 Å². The van der Waals surface area contributed by atoms with E-state index >= 15 is 0 Å². The predicted octanol–water partition coefficient (Wildman–Crippen LogP) is 2.65. The first-order valence-corrected chi connectivity index (χ1v) is 8.98. The summed E-state index contributed by atoms with van der Waals surface area (Å²) < 4.78 is 0. The number of piperidine rings is 1. The molecule has 1 amide bonds. The number of aliphatic carboxylic acids is 1. The van der Waals surface area contributed by atoms with E-state index in [1.807, 2.05) is 11.0 Å². The van der Waals surface area contributed by atoms with Crippen molar-refractivity contribution in [1.29, 1.82) is 0 Å². The number of amides is 1. The van der Waals surface area contributed by atoms with E-state index in [9.17, 15) is 14.4 Å². The van der Waals surface area contributed by atoms with Crippen molar-refractivity contribution in [1.82, 2.24) is 4.90 Å². The average Bonchev–Trinajstić information content (AvgIpc) is 2.68. The Kier molecular flexibility index (Phi) is 5.98. The van der Waals surface area contributed by atoms with Crippen molar-refractivity contribution in [2.24, 2.45) is 5.92 Å². The van der Waals surface area contributed by atoms with Gasteiger partial charge < -0.3 is 10.4 Å². The molecule has 1 atom stereocenters. The zero-order valence-electron chi connectivity index (χ0n) is 14.9. The summed E-state index contributed by atoms with van der Waals surface area (Å²) in [4.78, 5) is 38.2. The topological polar surface area (TPSA) is 86.7 Å². The summed E-state index contributed by atoms with van der Waals surface area (Å²) in [6.45, 7) is 1.17. The van der Waals surface area contributed by atoms with Gasteiger partial charge in [0.15, 0.2) is 5.78 Å². The number of para-hydroxylation sites is 1. The quantitative estimate of drug-likeness (QED) is 0.768. The first-order chi connectivity index (χ1) is 13.0. The SMILES string of the molecule is O=C(CN1CCCC(C(=O)O)C1)Nc1ccccc1C(=O)c1ccccc1. The van der Waals surface area contributed by atoms with Crippen LogP contribution < -0.4 is 5.32 Å². The van der Waals surface area contributed by atoms with Gasteiger partial charge in [0, 0.05) is 17.7 Å². The maximum atomic E-state index is 12.7. The van der Waals surface area contributed by atoms with Gasteiger partial charge in [-0.05, 0) is 31.5 Å². The van der Waals surface area contributed by atoms with E-state index in [4.69, 9.17) is 5.11 Å². The second-order valence-corrected chi connectivity index (χ2v) is 6.70. The first kappa shape index (κ1) is 18.8. The fraction of sp³-hybridized carbons (Fsp3) is 0.286. The van der Waals surface area contributed by atoms with Gasteiger partial charge in [-0.2, -0.15) is 0 Å². The highest BCUT2D eigenvalue weighted by Gasteiger charge is 2.26. The van der Waals surface area contributed by atoms with E-state index < -0.39 is 11.9 Å². The third kappa shape index (κ3) is 4.80. The summed E-state index contributed by atoms with van der Waals surface area (Å²) in [7, 11) is 0. The molecule has 1 heterocycles. The van der Waals surface area contributed by atoms with Gasteiger partial charge >= 0.3 is 5.97 Å². The number of nitrogens with zero attached hydrogens (tertiary/aromatic N) is 1. The Morgan fingerprint density at radius 2 is 1.74 bits per heavy atom. The molecular formula is C21H22N2O4. The lowest BCUT2D eigenvalue weighted by molar-refractivity contribution is -0.144. The number of carboxylic acids is 1. The van der Waals surface area contributed by atoms with Gasteiger partial charge in [0.2, 0.25) is 5.91 Å². The van der Waals surface area contributed by atoms with Crippen LogP contribution >= 0.6 is 0 Å². The number of nitrogens with one attached hydrogen (secondary N) is 1. The third-order valence-corrected chi connectivity index (χ3v) is 4.70. The minimum Gasteiger partial charge on any atom is -0.481 e. The smallest absolute Gasteiger partial charge is 0.307 e. The molecular weight excluding hydrogens is 344 g/mol. The summed E-state index contributed by atoms with van der Waals surface area (Å²) in [5.41, 5.74) is 1.45. The highest BCUT2D eigenvalue weighted by molar-refractivity contribution is 6.13. The van der Waals surface area contributed by atoms with Crippen LogP contribution in [-0.4, -0.2) is 47.3 Å². The van der Waals surface area contributed by atoms with Gasteiger partial charge in [-0.3, -0.25) is 19.3 Å². The molecule has 1 unspecified atom stereocenters. The maximum Gasteiger partial charge on any atom is 0.307 e.